The van der Waals surface area contributed by atoms with Crippen molar-refractivity contribution in [2.45, 2.75) is 6.92 Å². The normalized spacial score (nSPS) is 10.3. The molecular weight excluding hydrogens is 200 g/mol. The number of hydrogen-bond donors (Lipinski definition) is 1. The van der Waals surface area contributed by atoms with Crippen LogP contribution in [0, 0.1) is 6.92 Å². The Balaban J connectivity index is 2.93. The summed E-state index contributed by atoms with van der Waals surface area (Å²) >= 11 is 0. The molecule has 80 valence electrons. The fourth-order valence-corrected chi connectivity index (χ4v) is 2.00. The van der Waals surface area contributed by atoms with E-state index in [4.69, 9.17) is 0 Å². The molecule has 0 spiro atoms. The van der Waals surface area contributed by atoms with Gasteiger partial charge < -0.3 is 5.11 Å². The first kappa shape index (κ1) is 10.4. The first-order chi connectivity index (χ1) is 7.65. The van der Waals surface area contributed by atoms with Gasteiger partial charge in [0, 0.05) is 0 Å². The fraction of sp³-hybridized carbons (Fsp3) is 0.0714. The molecule has 2 rings (SSSR count). The van der Waals surface area contributed by atoms with Crippen LogP contribution in [0.25, 0.3) is 16.8 Å². The molecule has 0 amide bonds. The summed E-state index contributed by atoms with van der Waals surface area (Å²) in [6, 6.07) is 9.62. The summed E-state index contributed by atoms with van der Waals surface area (Å²) in [5.41, 5.74) is 1.80. The minimum Gasteiger partial charge on any atom is -0.478 e. The zero-order valence-electron chi connectivity index (χ0n) is 9.03. The number of benzene rings is 2. The van der Waals surface area contributed by atoms with Crippen molar-refractivity contribution in [1.82, 2.24) is 0 Å². The maximum atomic E-state index is 11.2. The first-order valence-electron chi connectivity index (χ1n) is 5.03. The Morgan fingerprint density at radius 1 is 1.38 bits per heavy atom. The molecule has 0 aliphatic carbocycles. The third kappa shape index (κ3) is 1.48. The van der Waals surface area contributed by atoms with Gasteiger partial charge >= 0.3 is 5.97 Å². The SMILES string of the molecule is C=Cc1cc2ccccc2c(C)c1C(=O)O. The predicted molar refractivity (Wildman–Crippen MR) is 65.7 cm³/mol. The molecule has 2 aromatic rings. The van der Waals surface area contributed by atoms with Crippen LogP contribution in [-0.2, 0) is 0 Å². The number of rotatable bonds is 2. The molecule has 0 saturated carbocycles. The van der Waals surface area contributed by atoms with E-state index in [-0.39, 0.29) is 0 Å². The van der Waals surface area contributed by atoms with E-state index in [2.05, 4.69) is 6.58 Å². The Morgan fingerprint density at radius 3 is 2.69 bits per heavy atom. The smallest absolute Gasteiger partial charge is 0.336 e. The summed E-state index contributed by atoms with van der Waals surface area (Å²) in [5, 5.41) is 11.2. The molecular formula is C14H12O2. The molecule has 0 radical (unpaired) electrons. The molecule has 0 unspecified atom stereocenters. The van der Waals surface area contributed by atoms with Gasteiger partial charge in [-0.2, -0.15) is 0 Å². The lowest BCUT2D eigenvalue weighted by molar-refractivity contribution is 0.0696. The summed E-state index contributed by atoms with van der Waals surface area (Å²) in [6.45, 7) is 5.49. The van der Waals surface area contributed by atoms with Gasteiger partial charge in [-0.1, -0.05) is 36.9 Å². The van der Waals surface area contributed by atoms with Crippen LogP contribution < -0.4 is 0 Å². The molecule has 2 heteroatoms. The Bertz CT molecular complexity index is 583. The highest BCUT2D eigenvalue weighted by molar-refractivity contribution is 6.01. The molecule has 1 N–H and O–H groups in total. The first-order valence-corrected chi connectivity index (χ1v) is 5.03. The number of fused-ring (bicyclic) bond motifs is 1. The monoisotopic (exact) mass is 212 g/mol. The van der Waals surface area contributed by atoms with Crippen LogP contribution in [0.4, 0.5) is 0 Å². The van der Waals surface area contributed by atoms with E-state index in [1.807, 2.05) is 37.3 Å². The van der Waals surface area contributed by atoms with Gasteiger partial charge in [-0.3, -0.25) is 0 Å². The highest BCUT2D eigenvalue weighted by Gasteiger charge is 2.14. The van der Waals surface area contributed by atoms with Crippen LogP contribution in [0.2, 0.25) is 0 Å². The largest absolute Gasteiger partial charge is 0.478 e. The van der Waals surface area contributed by atoms with Crippen molar-refractivity contribution in [3.05, 3.63) is 53.6 Å². The van der Waals surface area contributed by atoms with Crippen LogP contribution in [0.5, 0.6) is 0 Å². The second-order valence-corrected chi connectivity index (χ2v) is 3.70. The second kappa shape index (κ2) is 3.81. The summed E-state index contributed by atoms with van der Waals surface area (Å²) in [5.74, 6) is -0.904. The van der Waals surface area contributed by atoms with Gasteiger partial charge in [0.15, 0.2) is 0 Å². The highest BCUT2D eigenvalue weighted by Crippen LogP contribution is 2.26. The Labute approximate surface area is 93.8 Å². The standard InChI is InChI=1S/C14H12O2/c1-3-10-8-11-6-4-5-7-12(11)9(2)13(10)14(15)16/h3-8H,1H2,2H3,(H,15,16). The van der Waals surface area contributed by atoms with Crippen molar-refractivity contribution in [3.63, 3.8) is 0 Å². The molecule has 0 saturated heterocycles. The number of carboxylic acids is 1. The molecule has 0 fully saturated rings. The van der Waals surface area contributed by atoms with Crippen molar-refractivity contribution < 1.29 is 9.90 Å². The van der Waals surface area contributed by atoms with Gasteiger partial charge in [0.05, 0.1) is 5.56 Å². The number of aromatic carboxylic acids is 1. The van der Waals surface area contributed by atoms with E-state index >= 15 is 0 Å². The number of carboxylic acid groups (broad SMARTS) is 1. The zero-order valence-corrected chi connectivity index (χ0v) is 9.03. The lowest BCUT2D eigenvalue weighted by atomic mass is 9.95. The van der Waals surface area contributed by atoms with Gasteiger partial charge in [0.25, 0.3) is 0 Å². The molecule has 0 aliphatic rings. The topological polar surface area (TPSA) is 37.3 Å². The average molecular weight is 212 g/mol. The lowest BCUT2D eigenvalue weighted by Crippen LogP contribution is -2.03. The van der Waals surface area contributed by atoms with Crippen molar-refractivity contribution >= 4 is 22.8 Å². The van der Waals surface area contributed by atoms with E-state index < -0.39 is 5.97 Å². The highest BCUT2D eigenvalue weighted by atomic mass is 16.4. The minimum atomic E-state index is -0.904. The summed E-state index contributed by atoms with van der Waals surface area (Å²) < 4.78 is 0. The fourth-order valence-electron chi connectivity index (χ4n) is 2.00. The Hall–Kier alpha value is -2.09. The van der Waals surface area contributed by atoms with Crippen LogP contribution in [-0.4, -0.2) is 11.1 Å². The third-order valence-electron chi connectivity index (χ3n) is 2.77. The number of carbonyl (C=O) groups is 1. The van der Waals surface area contributed by atoms with Gasteiger partial charge in [-0.25, -0.2) is 4.79 Å². The molecule has 0 bridgehead atoms. The van der Waals surface area contributed by atoms with Crippen LogP contribution in [0.3, 0.4) is 0 Å². The van der Waals surface area contributed by atoms with Crippen LogP contribution in [0.15, 0.2) is 36.9 Å². The van der Waals surface area contributed by atoms with Crippen molar-refractivity contribution in [1.29, 1.82) is 0 Å². The van der Waals surface area contributed by atoms with Gasteiger partial charge in [-0.15, -0.1) is 0 Å². The minimum absolute atomic E-state index is 0.341. The molecule has 16 heavy (non-hydrogen) atoms. The molecule has 2 nitrogen and oxygen atoms in total. The van der Waals surface area contributed by atoms with Gasteiger partial charge in [0.2, 0.25) is 0 Å². The van der Waals surface area contributed by atoms with Crippen LogP contribution >= 0.6 is 0 Å². The van der Waals surface area contributed by atoms with E-state index in [1.165, 1.54) is 0 Å². The van der Waals surface area contributed by atoms with Crippen molar-refractivity contribution in [3.8, 4) is 0 Å². The lowest BCUT2D eigenvalue weighted by Gasteiger charge is -2.09. The van der Waals surface area contributed by atoms with Gasteiger partial charge in [0.1, 0.15) is 0 Å². The van der Waals surface area contributed by atoms with E-state index in [9.17, 15) is 9.90 Å². The van der Waals surface area contributed by atoms with Crippen LogP contribution in [0.1, 0.15) is 21.5 Å². The third-order valence-corrected chi connectivity index (χ3v) is 2.77. The molecule has 0 aromatic heterocycles. The van der Waals surface area contributed by atoms with Crippen molar-refractivity contribution in [2.24, 2.45) is 0 Å². The van der Waals surface area contributed by atoms with E-state index in [0.717, 1.165) is 16.3 Å². The molecule has 0 atom stereocenters. The summed E-state index contributed by atoms with van der Waals surface area (Å²) in [7, 11) is 0. The van der Waals surface area contributed by atoms with Gasteiger partial charge in [-0.05, 0) is 34.9 Å². The molecule has 2 aromatic carbocycles. The van der Waals surface area contributed by atoms with E-state index in [1.54, 1.807) is 6.08 Å². The second-order valence-electron chi connectivity index (χ2n) is 3.70. The van der Waals surface area contributed by atoms with Crippen molar-refractivity contribution in [2.75, 3.05) is 0 Å². The summed E-state index contributed by atoms with van der Waals surface area (Å²) in [6.07, 6.45) is 1.59. The average Bonchev–Trinajstić information content (AvgIpc) is 2.28. The van der Waals surface area contributed by atoms with E-state index in [0.29, 0.717) is 11.1 Å². The Morgan fingerprint density at radius 2 is 2.06 bits per heavy atom. The maximum Gasteiger partial charge on any atom is 0.336 e. The maximum absolute atomic E-state index is 11.2. The molecule has 0 heterocycles. The number of hydrogen-bond acceptors (Lipinski definition) is 1. The zero-order chi connectivity index (χ0) is 11.7. The quantitative estimate of drug-likeness (QED) is 0.827. The predicted octanol–water partition coefficient (Wildman–Crippen LogP) is 3.49. The number of aryl methyl sites for hydroxylation is 1. The summed E-state index contributed by atoms with van der Waals surface area (Å²) in [4.78, 5) is 11.2. The Kier molecular flexibility index (Phi) is 2.49. The molecule has 0 aliphatic heterocycles.